The zero-order chi connectivity index (χ0) is 44.7. The van der Waals surface area contributed by atoms with Gasteiger partial charge in [-0.15, -0.1) is 0 Å². The number of aliphatic hydroxyl groups is 1. The Morgan fingerprint density at radius 1 is 0.695 bits per heavy atom. The molecule has 1 aromatic carbocycles. The lowest BCUT2D eigenvalue weighted by atomic mass is 10.0. The number of carboxylic acid groups (broad SMARTS) is 2. The highest BCUT2D eigenvalue weighted by Gasteiger charge is 2.33. The molecule has 0 aliphatic rings. The van der Waals surface area contributed by atoms with Gasteiger partial charge >= 0.3 is 11.9 Å². The van der Waals surface area contributed by atoms with Crippen LogP contribution in [-0.2, 0) is 44.8 Å². The molecule has 23 nitrogen and oxygen atoms in total. The maximum absolute atomic E-state index is 13.7. The van der Waals surface area contributed by atoms with Gasteiger partial charge in [0, 0.05) is 25.1 Å². The normalized spacial score (nSPS) is 14.4. The fourth-order valence-corrected chi connectivity index (χ4v) is 5.35. The van der Waals surface area contributed by atoms with Crippen LogP contribution in [0.4, 0.5) is 0 Å². The van der Waals surface area contributed by atoms with Crippen molar-refractivity contribution in [2.45, 2.75) is 101 Å². The van der Waals surface area contributed by atoms with Crippen LogP contribution in [0.2, 0.25) is 0 Å². The minimum Gasteiger partial charge on any atom is -0.508 e. The zero-order valence-electron chi connectivity index (χ0n) is 32.6. The average Bonchev–Trinajstić information content (AvgIpc) is 3.18. The van der Waals surface area contributed by atoms with Crippen LogP contribution in [0.15, 0.2) is 29.3 Å². The Hall–Kier alpha value is -5.72. The van der Waals surface area contributed by atoms with Crippen molar-refractivity contribution in [2.24, 2.45) is 27.9 Å². The van der Waals surface area contributed by atoms with Gasteiger partial charge in [0.15, 0.2) is 5.96 Å². The van der Waals surface area contributed by atoms with E-state index in [9.17, 15) is 58.8 Å². The quantitative estimate of drug-likeness (QED) is 0.0163. The van der Waals surface area contributed by atoms with Crippen LogP contribution < -0.4 is 54.8 Å². The van der Waals surface area contributed by atoms with Crippen molar-refractivity contribution >= 4 is 66.0 Å². The smallest absolute Gasteiger partial charge is 0.326 e. The Morgan fingerprint density at radius 3 is 1.76 bits per heavy atom. The molecule has 0 unspecified atom stereocenters. The molecular formula is C35H57N11O12S. The molecule has 0 aliphatic heterocycles. The third-order valence-electron chi connectivity index (χ3n) is 8.53. The molecule has 0 radical (unpaired) electrons. The van der Waals surface area contributed by atoms with Crippen LogP contribution >= 0.6 is 12.6 Å². The monoisotopic (exact) mass is 855 g/mol. The molecule has 0 bridgehead atoms. The number of thiol groups is 1. The topological polar surface area (TPSA) is 406 Å². The Balaban J connectivity index is 3.29. The van der Waals surface area contributed by atoms with Gasteiger partial charge in [0.25, 0.3) is 0 Å². The molecule has 1 rings (SSSR count). The highest BCUT2D eigenvalue weighted by Crippen LogP contribution is 2.13. The van der Waals surface area contributed by atoms with Gasteiger partial charge in [0.2, 0.25) is 35.4 Å². The Bertz CT molecular complexity index is 1610. The molecule has 330 valence electrons. The number of aliphatic hydroxyl groups excluding tert-OH is 1. The predicted octanol–water partition coefficient (Wildman–Crippen LogP) is -4.76. The average molecular weight is 856 g/mol. The number of phenols is 1. The van der Waals surface area contributed by atoms with Gasteiger partial charge in [-0.2, -0.15) is 12.6 Å². The first-order chi connectivity index (χ1) is 27.8. The number of guanidine groups is 1. The van der Waals surface area contributed by atoms with Crippen molar-refractivity contribution in [3.63, 3.8) is 0 Å². The van der Waals surface area contributed by atoms with E-state index < -0.39 is 109 Å². The number of benzene rings is 1. The number of nitrogens with one attached hydrogen (secondary N) is 6. The summed E-state index contributed by atoms with van der Waals surface area (Å²) in [6.45, 7) is 0.678. The van der Waals surface area contributed by atoms with E-state index in [-0.39, 0.29) is 56.2 Å². The van der Waals surface area contributed by atoms with E-state index in [1.165, 1.54) is 31.2 Å². The van der Waals surface area contributed by atoms with Crippen molar-refractivity contribution in [1.29, 1.82) is 0 Å². The van der Waals surface area contributed by atoms with Crippen molar-refractivity contribution < 1.29 is 58.8 Å². The third-order valence-corrected chi connectivity index (χ3v) is 8.92. The summed E-state index contributed by atoms with van der Waals surface area (Å²) in [5.41, 5.74) is 22.2. The molecule has 1 aromatic rings. The summed E-state index contributed by atoms with van der Waals surface area (Å²) in [4.78, 5) is 107. The van der Waals surface area contributed by atoms with Gasteiger partial charge in [0.05, 0.1) is 12.6 Å². The molecule has 59 heavy (non-hydrogen) atoms. The molecule has 6 amide bonds. The maximum Gasteiger partial charge on any atom is 0.326 e. The molecule has 0 saturated heterocycles. The van der Waals surface area contributed by atoms with E-state index in [1.807, 2.05) is 0 Å². The molecular weight excluding hydrogens is 799 g/mol. The summed E-state index contributed by atoms with van der Waals surface area (Å²) < 4.78 is 0. The van der Waals surface area contributed by atoms with Crippen molar-refractivity contribution in [3.8, 4) is 5.75 Å². The molecule has 0 aliphatic carbocycles. The lowest BCUT2D eigenvalue weighted by Gasteiger charge is -2.26. The second-order valence-corrected chi connectivity index (χ2v) is 13.7. The summed E-state index contributed by atoms with van der Waals surface area (Å²) in [7, 11) is 0. The highest BCUT2D eigenvalue weighted by molar-refractivity contribution is 7.80. The summed E-state index contributed by atoms with van der Waals surface area (Å²) in [5, 5.41) is 52.9. The predicted molar refractivity (Wildman–Crippen MR) is 215 cm³/mol. The molecule has 0 aromatic heterocycles. The van der Waals surface area contributed by atoms with Crippen LogP contribution in [0.25, 0.3) is 0 Å². The number of carbonyl (C=O) groups excluding carboxylic acids is 6. The Labute approximate surface area is 345 Å². The van der Waals surface area contributed by atoms with Crippen LogP contribution in [0, 0.1) is 0 Å². The number of unbranched alkanes of at least 4 members (excludes halogenated alkanes) is 1. The van der Waals surface area contributed by atoms with Crippen LogP contribution in [0.3, 0.4) is 0 Å². The minimum absolute atomic E-state index is 0.0125. The van der Waals surface area contributed by atoms with E-state index in [4.69, 9.17) is 22.9 Å². The van der Waals surface area contributed by atoms with Gasteiger partial charge in [-0.05, 0) is 69.7 Å². The van der Waals surface area contributed by atoms with Crippen LogP contribution in [0.5, 0.6) is 5.75 Å². The lowest BCUT2D eigenvalue weighted by molar-refractivity contribution is -0.143. The molecule has 18 N–H and O–H groups in total. The maximum atomic E-state index is 13.7. The number of hydrogen-bond donors (Lipinski definition) is 15. The molecule has 0 heterocycles. The first kappa shape index (κ1) is 51.3. The number of nitrogens with two attached hydrogens (primary N) is 4. The standard InChI is InChI=1S/C35H57N11O12S/c1-18(41-30(53)22(6-4-14-40-35(38)39)43-29(52)21(37)17-59)28(51)42-23(11-12-27(49)50)31(54)45-25(15-19-7-9-20(48)10-8-19)32(55)46-26(16-47)33(56)44-24(34(57)58)5-2-3-13-36/h7-10,18,21-26,47-48,59H,2-6,11-17,36-37H2,1H3,(H,41,53)(H,42,51)(H,43,52)(H,44,56)(H,45,54)(H,46,55)(H,49,50)(H,57,58)(H4,38,39,40)/t18-,21-,22-,23-,24-,25-,26-/m0/s1. The number of nitrogens with zero attached hydrogens (tertiary/aromatic N) is 1. The zero-order valence-corrected chi connectivity index (χ0v) is 33.5. The number of rotatable bonds is 28. The molecule has 0 fully saturated rings. The van der Waals surface area contributed by atoms with Gasteiger partial charge in [-0.25, -0.2) is 4.79 Å². The number of aliphatic carboxylic acids is 2. The van der Waals surface area contributed by atoms with Gasteiger partial charge < -0.3 is 75.3 Å². The number of aliphatic imine (C=N–C) groups is 1. The number of hydrogen-bond acceptors (Lipinski definition) is 14. The number of phenolic OH excluding ortho intramolecular Hbond substituents is 1. The Morgan fingerprint density at radius 2 is 1.20 bits per heavy atom. The van der Waals surface area contributed by atoms with E-state index in [0.717, 1.165) is 0 Å². The first-order valence-corrected chi connectivity index (χ1v) is 19.2. The number of amides is 6. The van der Waals surface area contributed by atoms with Crippen molar-refractivity contribution in [1.82, 2.24) is 31.9 Å². The lowest BCUT2D eigenvalue weighted by Crippen LogP contribution is -2.60. The number of aromatic hydroxyl groups is 1. The molecule has 0 saturated carbocycles. The third kappa shape index (κ3) is 20.0. The van der Waals surface area contributed by atoms with Gasteiger partial charge in [0.1, 0.15) is 42.0 Å². The molecule has 7 atom stereocenters. The SMILES string of the molecule is C[C@H](NC(=O)[C@H](CCCN=C(N)N)NC(=O)[C@@H](N)CS)C(=O)N[C@@H](CCC(=O)O)C(=O)N[C@@H](Cc1ccc(O)cc1)C(=O)N[C@@H](CO)C(=O)N[C@@H](CCCCN)C(=O)O. The van der Waals surface area contributed by atoms with E-state index in [2.05, 4.69) is 49.5 Å². The van der Waals surface area contributed by atoms with Gasteiger partial charge in [-0.3, -0.25) is 38.6 Å². The summed E-state index contributed by atoms with van der Waals surface area (Å²) in [6, 6.07) is -4.41. The van der Waals surface area contributed by atoms with Gasteiger partial charge in [-0.1, -0.05) is 12.1 Å². The second-order valence-electron chi connectivity index (χ2n) is 13.4. The number of carbonyl (C=O) groups is 8. The largest absolute Gasteiger partial charge is 0.508 e. The van der Waals surface area contributed by atoms with Crippen LogP contribution in [0.1, 0.15) is 57.4 Å². The van der Waals surface area contributed by atoms with Crippen molar-refractivity contribution in [3.05, 3.63) is 29.8 Å². The number of carboxylic acids is 2. The first-order valence-electron chi connectivity index (χ1n) is 18.6. The fourth-order valence-electron chi connectivity index (χ4n) is 5.19. The summed E-state index contributed by atoms with van der Waals surface area (Å²) >= 11 is 3.98. The van der Waals surface area contributed by atoms with E-state index >= 15 is 0 Å². The highest BCUT2D eigenvalue weighted by atomic mass is 32.1. The van der Waals surface area contributed by atoms with Crippen LogP contribution in [-0.4, -0.2) is 142 Å². The van der Waals surface area contributed by atoms with E-state index in [0.29, 0.717) is 18.4 Å². The van der Waals surface area contributed by atoms with Crippen molar-refractivity contribution in [2.75, 3.05) is 25.4 Å². The second kappa shape index (κ2) is 27.1. The van der Waals surface area contributed by atoms with E-state index in [1.54, 1.807) is 0 Å². The summed E-state index contributed by atoms with van der Waals surface area (Å²) in [6.07, 6.45) is -0.307. The fraction of sp³-hybridized carbons (Fsp3) is 0.571. The summed E-state index contributed by atoms with van der Waals surface area (Å²) in [5.74, 6) is -8.66. The minimum atomic E-state index is -1.68. The molecule has 24 heteroatoms. The molecule has 0 spiro atoms. The Kier molecular flexibility index (Phi) is 23.5.